The van der Waals surface area contributed by atoms with Gasteiger partial charge in [-0.2, -0.15) is 0 Å². The number of nitrogens with zero attached hydrogens (tertiary/aromatic N) is 2. The highest BCUT2D eigenvalue weighted by atomic mass is 16.3. The first-order valence-corrected chi connectivity index (χ1v) is 4.17. The lowest BCUT2D eigenvalue weighted by Crippen LogP contribution is -2.18. The first-order chi connectivity index (χ1) is 6.22. The number of rotatable bonds is 4. The van der Waals surface area contributed by atoms with Crippen LogP contribution in [0.15, 0.2) is 12.4 Å². The second-order valence-corrected chi connectivity index (χ2v) is 2.90. The topological polar surface area (TPSA) is 84.1 Å². The Kier molecular flexibility index (Phi) is 3.45. The second-order valence-electron chi connectivity index (χ2n) is 2.90. The second kappa shape index (κ2) is 4.61. The molecule has 0 aromatic carbocycles. The van der Waals surface area contributed by atoms with Gasteiger partial charge in [0.25, 0.3) is 0 Å². The third kappa shape index (κ3) is 3.25. The van der Waals surface area contributed by atoms with E-state index in [0.717, 1.165) is 0 Å². The quantitative estimate of drug-likeness (QED) is 0.621. The average Bonchev–Trinajstić information content (AvgIpc) is 2.09. The molecule has 0 aliphatic rings. The van der Waals surface area contributed by atoms with Gasteiger partial charge in [-0.05, 0) is 13.3 Å². The number of nitrogens with one attached hydrogen (secondary N) is 1. The van der Waals surface area contributed by atoms with E-state index in [1.807, 2.05) is 6.92 Å². The Hall–Kier alpha value is -1.36. The molecule has 1 aromatic heterocycles. The van der Waals surface area contributed by atoms with Gasteiger partial charge in [-0.3, -0.25) is 0 Å². The summed E-state index contributed by atoms with van der Waals surface area (Å²) in [7, 11) is 0. The SMILES string of the molecule is CC(CCO)Nc1ncc(N)cn1. The molecule has 1 unspecified atom stereocenters. The summed E-state index contributed by atoms with van der Waals surface area (Å²) >= 11 is 0. The minimum atomic E-state index is 0.156. The first-order valence-electron chi connectivity index (χ1n) is 4.17. The van der Waals surface area contributed by atoms with E-state index in [1.54, 1.807) is 12.4 Å². The normalized spacial score (nSPS) is 12.5. The molecule has 1 atom stereocenters. The average molecular weight is 182 g/mol. The fourth-order valence-electron chi connectivity index (χ4n) is 0.899. The maximum atomic E-state index is 8.66. The Morgan fingerprint density at radius 1 is 1.54 bits per heavy atom. The van der Waals surface area contributed by atoms with Gasteiger partial charge in [0.2, 0.25) is 5.95 Å². The lowest BCUT2D eigenvalue weighted by Gasteiger charge is -2.11. The Morgan fingerprint density at radius 3 is 2.69 bits per heavy atom. The van der Waals surface area contributed by atoms with Crippen LogP contribution in [-0.4, -0.2) is 27.7 Å². The van der Waals surface area contributed by atoms with Crippen molar-refractivity contribution in [2.24, 2.45) is 0 Å². The summed E-state index contributed by atoms with van der Waals surface area (Å²) in [6.07, 6.45) is 3.76. The molecule has 13 heavy (non-hydrogen) atoms. The number of anilines is 2. The highest BCUT2D eigenvalue weighted by Gasteiger charge is 2.01. The van der Waals surface area contributed by atoms with Crippen molar-refractivity contribution in [3.8, 4) is 0 Å². The molecule has 0 saturated carbocycles. The van der Waals surface area contributed by atoms with Crippen molar-refractivity contribution in [1.29, 1.82) is 0 Å². The van der Waals surface area contributed by atoms with E-state index in [9.17, 15) is 0 Å². The summed E-state index contributed by atoms with van der Waals surface area (Å²) in [5, 5.41) is 11.7. The number of nitrogens with two attached hydrogens (primary N) is 1. The molecule has 1 aromatic rings. The molecule has 0 fully saturated rings. The van der Waals surface area contributed by atoms with Crippen LogP contribution in [0.3, 0.4) is 0 Å². The molecule has 0 saturated heterocycles. The maximum absolute atomic E-state index is 8.66. The largest absolute Gasteiger partial charge is 0.396 e. The van der Waals surface area contributed by atoms with E-state index >= 15 is 0 Å². The van der Waals surface area contributed by atoms with Crippen LogP contribution in [0.2, 0.25) is 0 Å². The molecule has 1 heterocycles. The van der Waals surface area contributed by atoms with E-state index in [0.29, 0.717) is 18.1 Å². The summed E-state index contributed by atoms with van der Waals surface area (Å²) in [5.74, 6) is 0.537. The van der Waals surface area contributed by atoms with Crippen molar-refractivity contribution in [2.75, 3.05) is 17.7 Å². The minimum Gasteiger partial charge on any atom is -0.396 e. The molecule has 5 heteroatoms. The fraction of sp³-hybridized carbons (Fsp3) is 0.500. The van der Waals surface area contributed by atoms with Crippen LogP contribution in [0.4, 0.5) is 11.6 Å². The van der Waals surface area contributed by atoms with Gasteiger partial charge in [-0.15, -0.1) is 0 Å². The lowest BCUT2D eigenvalue weighted by atomic mass is 10.2. The summed E-state index contributed by atoms with van der Waals surface area (Å²) in [6, 6.07) is 0.161. The van der Waals surface area contributed by atoms with E-state index < -0.39 is 0 Å². The van der Waals surface area contributed by atoms with Crippen LogP contribution in [-0.2, 0) is 0 Å². The Bertz CT molecular complexity index is 249. The van der Waals surface area contributed by atoms with Crippen molar-refractivity contribution >= 4 is 11.6 Å². The van der Waals surface area contributed by atoms with Crippen molar-refractivity contribution in [3.63, 3.8) is 0 Å². The third-order valence-electron chi connectivity index (χ3n) is 1.61. The molecule has 5 nitrogen and oxygen atoms in total. The molecule has 0 bridgehead atoms. The molecule has 1 rings (SSSR count). The van der Waals surface area contributed by atoms with Crippen LogP contribution in [0.1, 0.15) is 13.3 Å². The zero-order valence-corrected chi connectivity index (χ0v) is 7.57. The minimum absolute atomic E-state index is 0.156. The number of hydrogen-bond acceptors (Lipinski definition) is 5. The van der Waals surface area contributed by atoms with E-state index in [-0.39, 0.29) is 12.6 Å². The Balaban J connectivity index is 2.49. The molecule has 72 valence electrons. The van der Waals surface area contributed by atoms with Crippen LogP contribution < -0.4 is 11.1 Å². The third-order valence-corrected chi connectivity index (χ3v) is 1.61. The first kappa shape index (κ1) is 9.73. The van der Waals surface area contributed by atoms with Gasteiger partial charge in [-0.25, -0.2) is 9.97 Å². The zero-order valence-electron chi connectivity index (χ0n) is 7.57. The van der Waals surface area contributed by atoms with Crippen LogP contribution in [0, 0.1) is 0 Å². The summed E-state index contributed by atoms with van der Waals surface area (Å²) < 4.78 is 0. The van der Waals surface area contributed by atoms with Gasteiger partial charge >= 0.3 is 0 Å². The molecular weight excluding hydrogens is 168 g/mol. The van der Waals surface area contributed by atoms with Crippen LogP contribution in [0.5, 0.6) is 0 Å². The maximum Gasteiger partial charge on any atom is 0.222 e. The predicted octanol–water partition coefficient (Wildman–Crippen LogP) is 0.242. The number of nitrogen functional groups attached to an aromatic ring is 1. The summed E-state index contributed by atoms with van der Waals surface area (Å²) in [5.41, 5.74) is 5.97. The number of aromatic nitrogens is 2. The van der Waals surface area contributed by atoms with E-state index in [2.05, 4.69) is 15.3 Å². The van der Waals surface area contributed by atoms with Gasteiger partial charge < -0.3 is 16.2 Å². The number of aliphatic hydroxyl groups is 1. The fourth-order valence-corrected chi connectivity index (χ4v) is 0.899. The molecule has 0 amide bonds. The van der Waals surface area contributed by atoms with E-state index in [4.69, 9.17) is 10.8 Å². The monoisotopic (exact) mass is 182 g/mol. The molecular formula is C8H14N4O. The van der Waals surface area contributed by atoms with Crippen molar-refractivity contribution in [1.82, 2.24) is 9.97 Å². The molecule has 0 aliphatic carbocycles. The van der Waals surface area contributed by atoms with Crippen molar-refractivity contribution < 1.29 is 5.11 Å². The molecule has 0 aliphatic heterocycles. The highest BCUT2D eigenvalue weighted by molar-refractivity contribution is 5.36. The van der Waals surface area contributed by atoms with E-state index in [1.165, 1.54) is 0 Å². The smallest absolute Gasteiger partial charge is 0.222 e. The van der Waals surface area contributed by atoms with Gasteiger partial charge in [0.15, 0.2) is 0 Å². The Morgan fingerprint density at radius 2 is 2.15 bits per heavy atom. The molecule has 0 radical (unpaired) electrons. The highest BCUT2D eigenvalue weighted by Crippen LogP contribution is 2.03. The van der Waals surface area contributed by atoms with Gasteiger partial charge in [0.1, 0.15) is 0 Å². The Labute approximate surface area is 77.0 Å². The van der Waals surface area contributed by atoms with Crippen LogP contribution >= 0.6 is 0 Å². The van der Waals surface area contributed by atoms with Gasteiger partial charge in [-0.1, -0.05) is 0 Å². The van der Waals surface area contributed by atoms with Crippen molar-refractivity contribution in [3.05, 3.63) is 12.4 Å². The molecule has 4 N–H and O–H groups in total. The number of aliphatic hydroxyl groups excluding tert-OH is 1. The summed E-state index contributed by atoms with van der Waals surface area (Å²) in [6.45, 7) is 2.11. The number of hydrogen-bond donors (Lipinski definition) is 3. The summed E-state index contributed by atoms with van der Waals surface area (Å²) in [4.78, 5) is 7.94. The zero-order chi connectivity index (χ0) is 9.68. The van der Waals surface area contributed by atoms with Crippen LogP contribution in [0.25, 0.3) is 0 Å². The molecule has 0 spiro atoms. The van der Waals surface area contributed by atoms with Crippen molar-refractivity contribution in [2.45, 2.75) is 19.4 Å². The van der Waals surface area contributed by atoms with Gasteiger partial charge in [0.05, 0.1) is 18.1 Å². The van der Waals surface area contributed by atoms with Gasteiger partial charge in [0, 0.05) is 12.6 Å². The lowest BCUT2D eigenvalue weighted by molar-refractivity contribution is 0.282. The standard InChI is InChI=1S/C8H14N4O/c1-6(2-3-13)12-8-10-4-7(9)5-11-8/h4-6,13H,2-3,9H2,1H3,(H,10,11,12). The predicted molar refractivity (Wildman–Crippen MR) is 51.2 cm³/mol.